The van der Waals surface area contributed by atoms with Crippen molar-refractivity contribution >= 4 is 11.7 Å². The van der Waals surface area contributed by atoms with Crippen molar-refractivity contribution in [3.05, 3.63) is 29.8 Å². The number of rotatable bonds is 2. The molecule has 2 atom stereocenters. The quantitative estimate of drug-likeness (QED) is 0.872. The van der Waals surface area contributed by atoms with E-state index in [1.807, 2.05) is 23.1 Å². The van der Waals surface area contributed by atoms with Crippen LogP contribution in [0.3, 0.4) is 0 Å². The fourth-order valence-corrected chi connectivity index (χ4v) is 3.25. The standard InChI is InChI=1S/C15H21NO2/c1-10-9-15(3,4)16(11(2)14(17)18)13-8-6-5-7-12(10)13/h5-8,10-11H,9H2,1-4H3,(H,17,18). The zero-order valence-corrected chi connectivity index (χ0v) is 11.5. The summed E-state index contributed by atoms with van der Waals surface area (Å²) in [6, 6.07) is 7.64. The third kappa shape index (κ3) is 1.98. The van der Waals surface area contributed by atoms with E-state index in [9.17, 15) is 9.90 Å². The van der Waals surface area contributed by atoms with Crippen LogP contribution in [0.2, 0.25) is 0 Å². The zero-order valence-electron chi connectivity index (χ0n) is 11.5. The van der Waals surface area contributed by atoms with Gasteiger partial charge >= 0.3 is 5.97 Å². The van der Waals surface area contributed by atoms with Gasteiger partial charge in [0.1, 0.15) is 6.04 Å². The lowest BCUT2D eigenvalue weighted by Crippen LogP contribution is -2.55. The van der Waals surface area contributed by atoms with Gasteiger partial charge in [0.05, 0.1) is 0 Å². The van der Waals surface area contributed by atoms with Gasteiger partial charge in [0, 0.05) is 11.2 Å². The number of nitrogens with zero attached hydrogens (tertiary/aromatic N) is 1. The Hall–Kier alpha value is -1.51. The van der Waals surface area contributed by atoms with Crippen LogP contribution in [0.4, 0.5) is 5.69 Å². The van der Waals surface area contributed by atoms with Crippen molar-refractivity contribution in [3.8, 4) is 0 Å². The predicted octanol–water partition coefficient (Wildman–Crippen LogP) is 3.25. The first-order chi connectivity index (χ1) is 8.34. The largest absolute Gasteiger partial charge is 0.480 e. The van der Waals surface area contributed by atoms with Crippen molar-refractivity contribution in [2.24, 2.45) is 0 Å². The lowest BCUT2D eigenvalue weighted by Gasteiger charge is -2.49. The second-order valence-electron chi connectivity index (χ2n) is 5.86. The molecule has 1 aromatic carbocycles. The third-order valence-corrected chi connectivity index (χ3v) is 3.93. The number of aliphatic carboxylic acids is 1. The maximum absolute atomic E-state index is 11.3. The first-order valence-corrected chi connectivity index (χ1v) is 6.45. The summed E-state index contributed by atoms with van der Waals surface area (Å²) in [6.45, 7) is 8.22. The third-order valence-electron chi connectivity index (χ3n) is 3.93. The summed E-state index contributed by atoms with van der Waals surface area (Å²) >= 11 is 0. The van der Waals surface area contributed by atoms with Crippen LogP contribution in [0.1, 0.15) is 45.6 Å². The SMILES string of the molecule is CC1CC(C)(C)N(C(C)C(=O)O)c2ccccc21. The van der Waals surface area contributed by atoms with Crippen LogP contribution in [0.15, 0.2) is 24.3 Å². The fraction of sp³-hybridized carbons (Fsp3) is 0.533. The van der Waals surface area contributed by atoms with Crippen LogP contribution in [-0.4, -0.2) is 22.7 Å². The minimum absolute atomic E-state index is 0.133. The summed E-state index contributed by atoms with van der Waals surface area (Å²) in [5, 5.41) is 9.32. The molecule has 0 aliphatic carbocycles. The Labute approximate surface area is 108 Å². The average molecular weight is 247 g/mol. The molecule has 0 aromatic heterocycles. The highest BCUT2D eigenvalue weighted by Crippen LogP contribution is 2.44. The minimum atomic E-state index is -0.771. The van der Waals surface area contributed by atoms with Gasteiger partial charge in [-0.2, -0.15) is 0 Å². The van der Waals surface area contributed by atoms with E-state index in [2.05, 4.69) is 26.8 Å². The molecule has 98 valence electrons. The molecule has 1 aromatic rings. The average Bonchev–Trinajstić information content (AvgIpc) is 2.27. The summed E-state index contributed by atoms with van der Waals surface area (Å²) in [4.78, 5) is 13.4. The van der Waals surface area contributed by atoms with Gasteiger partial charge in [-0.05, 0) is 44.7 Å². The van der Waals surface area contributed by atoms with E-state index >= 15 is 0 Å². The molecular formula is C15H21NO2. The van der Waals surface area contributed by atoms with Gasteiger partial charge in [-0.15, -0.1) is 0 Å². The van der Waals surface area contributed by atoms with E-state index in [0.29, 0.717) is 5.92 Å². The van der Waals surface area contributed by atoms with Crippen molar-refractivity contribution in [2.45, 2.75) is 51.6 Å². The van der Waals surface area contributed by atoms with E-state index in [-0.39, 0.29) is 5.54 Å². The maximum atomic E-state index is 11.3. The highest BCUT2D eigenvalue weighted by atomic mass is 16.4. The number of hydrogen-bond acceptors (Lipinski definition) is 2. The van der Waals surface area contributed by atoms with E-state index in [1.165, 1.54) is 5.56 Å². The van der Waals surface area contributed by atoms with Gasteiger partial charge in [0.2, 0.25) is 0 Å². The normalized spacial score (nSPS) is 23.3. The van der Waals surface area contributed by atoms with Gasteiger partial charge in [-0.1, -0.05) is 25.1 Å². The molecule has 1 aliphatic heterocycles. The van der Waals surface area contributed by atoms with Crippen LogP contribution in [-0.2, 0) is 4.79 Å². The Morgan fingerprint density at radius 2 is 2.06 bits per heavy atom. The van der Waals surface area contributed by atoms with Crippen molar-refractivity contribution < 1.29 is 9.90 Å². The molecule has 0 fully saturated rings. The van der Waals surface area contributed by atoms with Gasteiger partial charge < -0.3 is 10.0 Å². The maximum Gasteiger partial charge on any atom is 0.326 e. The van der Waals surface area contributed by atoms with E-state index < -0.39 is 12.0 Å². The molecule has 0 saturated carbocycles. The van der Waals surface area contributed by atoms with Crippen LogP contribution in [0.25, 0.3) is 0 Å². The van der Waals surface area contributed by atoms with Gasteiger partial charge in [-0.3, -0.25) is 0 Å². The Morgan fingerprint density at radius 3 is 2.67 bits per heavy atom. The summed E-state index contributed by atoms with van der Waals surface area (Å²) in [6.07, 6.45) is 0.974. The molecule has 0 amide bonds. The molecule has 0 saturated heterocycles. The van der Waals surface area contributed by atoms with Gasteiger partial charge in [-0.25, -0.2) is 4.79 Å². The Bertz CT molecular complexity index is 467. The monoisotopic (exact) mass is 247 g/mol. The van der Waals surface area contributed by atoms with Gasteiger partial charge in [0.15, 0.2) is 0 Å². The molecular weight excluding hydrogens is 226 g/mol. The molecule has 0 radical (unpaired) electrons. The molecule has 3 heteroatoms. The predicted molar refractivity (Wildman–Crippen MR) is 73.1 cm³/mol. The number of carboxylic acid groups (broad SMARTS) is 1. The van der Waals surface area contributed by atoms with Crippen LogP contribution in [0.5, 0.6) is 0 Å². The van der Waals surface area contributed by atoms with Crippen molar-refractivity contribution in [1.29, 1.82) is 0 Å². The Morgan fingerprint density at radius 1 is 1.44 bits per heavy atom. The van der Waals surface area contributed by atoms with Crippen molar-refractivity contribution in [1.82, 2.24) is 0 Å². The first kappa shape index (κ1) is 12.9. The fourth-order valence-electron chi connectivity index (χ4n) is 3.25. The zero-order chi connectivity index (χ0) is 13.5. The van der Waals surface area contributed by atoms with Gasteiger partial charge in [0.25, 0.3) is 0 Å². The lowest BCUT2D eigenvalue weighted by molar-refractivity contribution is -0.138. The molecule has 18 heavy (non-hydrogen) atoms. The van der Waals surface area contributed by atoms with E-state index in [1.54, 1.807) is 6.92 Å². The van der Waals surface area contributed by atoms with Crippen molar-refractivity contribution in [2.75, 3.05) is 4.90 Å². The first-order valence-electron chi connectivity index (χ1n) is 6.45. The number of carbonyl (C=O) groups is 1. The molecule has 1 aliphatic rings. The summed E-state index contributed by atoms with van der Waals surface area (Å²) in [7, 11) is 0. The minimum Gasteiger partial charge on any atom is -0.480 e. The molecule has 2 rings (SSSR count). The molecule has 1 N–H and O–H groups in total. The summed E-state index contributed by atoms with van der Waals surface area (Å²) < 4.78 is 0. The van der Waals surface area contributed by atoms with Crippen LogP contribution in [0, 0.1) is 0 Å². The Balaban J connectivity index is 2.55. The number of anilines is 1. The highest BCUT2D eigenvalue weighted by Gasteiger charge is 2.40. The molecule has 2 unspecified atom stereocenters. The lowest BCUT2D eigenvalue weighted by atomic mass is 9.79. The second-order valence-corrected chi connectivity index (χ2v) is 5.86. The van der Waals surface area contributed by atoms with E-state index in [4.69, 9.17) is 0 Å². The highest BCUT2D eigenvalue weighted by molar-refractivity contribution is 5.79. The molecule has 0 spiro atoms. The second kappa shape index (κ2) is 4.30. The topological polar surface area (TPSA) is 40.5 Å². The van der Waals surface area contributed by atoms with Crippen molar-refractivity contribution in [3.63, 3.8) is 0 Å². The molecule has 1 heterocycles. The van der Waals surface area contributed by atoms with Crippen LogP contribution < -0.4 is 4.90 Å². The summed E-state index contributed by atoms with van der Waals surface area (Å²) in [5.74, 6) is -0.305. The molecule has 3 nitrogen and oxygen atoms in total. The number of hydrogen-bond donors (Lipinski definition) is 1. The number of benzene rings is 1. The van der Waals surface area contributed by atoms with E-state index in [0.717, 1.165) is 12.1 Å². The number of carboxylic acids is 1. The molecule has 0 bridgehead atoms. The summed E-state index contributed by atoms with van der Waals surface area (Å²) in [5.41, 5.74) is 2.19. The smallest absolute Gasteiger partial charge is 0.326 e. The number of para-hydroxylation sites is 1. The number of fused-ring (bicyclic) bond motifs is 1. The van der Waals surface area contributed by atoms with Crippen LogP contribution >= 0.6 is 0 Å². The Kier molecular flexibility index (Phi) is 3.09.